The Kier molecular flexibility index (Phi) is 5.97. The fourth-order valence-electron chi connectivity index (χ4n) is 2.44. The summed E-state index contributed by atoms with van der Waals surface area (Å²) in [5.74, 6) is -0.0212. The minimum Gasteiger partial charge on any atom is -0.352 e. The molecule has 0 radical (unpaired) electrons. The van der Waals surface area contributed by atoms with Gasteiger partial charge in [0.05, 0.1) is 12.3 Å². The molecule has 118 valence electrons. The molecule has 1 aliphatic carbocycles. The van der Waals surface area contributed by atoms with Crippen molar-refractivity contribution in [3.05, 3.63) is 0 Å². The Hall–Kier alpha value is -0.660. The van der Waals surface area contributed by atoms with Gasteiger partial charge in [-0.05, 0) is 33.6 Å². The number of nitrogens with one attached hydrogen (secondary N) is 3. The van der Waals surface area contributed by atoms with E-state index in [1.807, 2.05) is 0 Å². The number of hydrogen-bond acceptors (Lipinski definition) is 4. The highest BCUT2D eigenvalue weighted by atomic mass is 32.2. The molecule has 0 aromatic rings. The van der Waals surface area contributed by atoms with Gasteiger partial charge in [-0.3, -0.25) is 4.79 Å². The molecule has 1 aliphatic rings. The second kappa shape index (κ2) is 6.87. The molecule has 0 aromatic heterocycles. The van der Waals surface area contributed by atoms with Crippen LogP contribution in [-0.4, -0.2) is 44.7 Å². The Labute approximate surface area is 122 Å². The molecule has 0 aromatic carbocycles. The quantitative estimate of drug-likeness (QED) is 0.633. The Morgan fingerprint density at radius 3 is 2.35 bits per heavy atom. The van der Waals surface area contributed by atoms with Gasteiger partial charge in [-0.1, -0.05) is 12.8 Å². The second-order valence-electron chi connectivity index (χ2n) is 6.35. The number of sulfonamides is 1. The zero-order chi connectivity index (χ0) is 15.4. The van der Waals surface area contributed by atoms with E-state index < -0.39 is 15.6 Å². The van der Waals surface area contributed by atoms with E-state index in [0.29, 0.717) is 12.6 Å². The van der Waals surface area contributed by atoms with Gasteiger partial charge in [0.15, 0.2) is 0 Å². The average molecular weight is 305 g/mol. The molecule has 1 fully saturated rings. The van der Waals surface area contributed by atoms with Gasteiger partial charge in [0.1, 0.15) is 0 Å². The molecule has 0 bridgehead atoms. The molecule has 1 saturated carbocycles. The summed E-state index contributed by atoms with van der Waals surface area (Å²) in [6.45, 7) is 5.74. The second-order valence-corrected chi connectivity index (χ2v) is 8.10. The first kappa shape index (κ1) is 17.4. The molecule has 1 unspecified atom stereocenters. The molecule has 6 nitrogen and oxygen atoms in total. The van der Waals surface area contributed by atoms with Crippen LogP contribution in [0.15, 0.2) is 0 Å². The molecule has 0 saturated heterocycles. The first-order valence-electron chi connectivity index (χ1n) is 7.12. The Balaban J connectivity index is 2.37. The summed E-state index contributed by atoms with van der Waals surface area (Å²) < 4.78 is 25.0. The van der Waals surface area contributed by atoms with Crippen molar-refractivity contribution in [2.24, 2.45) is 0 Å². The Bertz CT molecular complexity index is 428. The van der Waals surface area contributed by atoms with Crippen LogP contribution in [-0.2, 0) is 14.8 Å². The third kappa shape index (κ3) is 6.67. The van der Waals surface area contributed by atoms with Crippen LogP contribution in [0.1, 0.15) is 46.5 Å². The molecule has 1 rings (SSSR count). The zero-order valence-electron chi connectivity index (χ0n) is 12.8. The molecular weight excluding hydrogens is 278 g/mol. The van der Waals surface area contributed by atoms with E-state index in [2.05, 4.69) is 15.4 Å². The van der Waals surface area contributed by atoms with E-state index in [1.54, 1.807) is 20.8 Å². The monoisotopic (exact) mass is 305 g/mol. The summed E-state index contributed by atoms with van der Waals surface area (Å²) >= 11 is 0. The van der Waals surface area contributed by atoms with E-state index in [-0.39, 0.29) is 11.9 Å². The van der Waals surface area contributed by atoms with Crippen LogP contribution < -0.4 is 15.4 Å². The van der Waals surface area contributed by atoms with E-state index in [1.165, 1.54) is 12.8 Å². The first-order chi connectivity index (χ1) is 9.09. The lowest BCUT2D eigenvalue weighted by molar-refractivity contribution is -0.123. The van der Waals surface area contributed by atoms with Crippen molar-refractivity contribution in [2.45, 2.75) is 64.1 Å². The highest BCUT2D eigenvalue weighted by molar-refractivity contribution is 7.88. The Morgan fingerprint density at radius 2 is 1.85 bits per heavy atom. The summed E-state index contributed by atoms with van der Waals surface area (Å²) in [5.41, 5.74) is -0.629. The molecule has 0 heterocycles. The third-order valence-electron chi connectivity index (χ3n) is 3.41. The lowest BCUT2D eigenvalue weighted by Gasteiger charge is -2.27. The molecule has 20 heavy (non-hydrogen) atoms. The maximum atomic E-state index is 12.0. The van der Waals surface area contributed by atoms with Crippen LogP contribution >= 0.6 is 0 Å². The van der Waals surface area contributed by atoms with Crippen molar-refractivity contribution in [3.63, 3.8) is 0 Å². The predicted molar refractivity (Wildman–Crippen MR) is 79.9 cm³/mol. The Morgan fingerprint density at radius 1 is 1.30 bits per heavy atom. The number of carbonyl (C=O) groups is 1. The van der Waals surface area contributed by atoms with Gasteiger partial charge in [0, 0.05) is 18.1 Å². The molecule has 1 atom stereocenters. The van der Waals surface area contributed by atoms with E-state index in [4.69, 9.17) is 0 Å². The van der Waals surface area contributed by atoms with E-state index in [0.717, 1.165) is 19.1 Å². The zero-order valence-corrected chi connectivity index (χ0v) is 13.6. The van der Waals surface area contributed by atoms with Crippen LogP contribution in [0, 0.1) is 0 Å². The molecule has 0 spiro atoms. The first-order valence-corrected chi connectivity index (χ1v) is 9.01. The summed E-state index contributed by atoms with van der Waals surface area (Å²) in [5, 5.41) is 6.10. The molecule has 1 amide bonds. The highest BCUT2D eigenvalue weighted by Gasteiger charge is 2.25. The van der Waals surface area contributed by atoms with Gasteiger partial charge in [0.2, 0.25) is 15.9 Å². The molecule has 0 aliphatic heterocycles. The van der Waals surface area contributed by atoms with Gasteiger partial charge < -0.3 is 10.6 Å². The number of hydrogen-bond donors (Lipinski definition) is 3. The fourth-order valence-corrected chi connectivity index (χ4v) is 3.51. The minimum absolute atomic E-state index is 0.0212. The smallest absolute Gasteiger partial charge is 0.237 e. The lowest BCUT2D eigenvalue weighted by atomic mass is 10.1. The van der Waals surface area contributed by atoms with Gasteiger partial charge in [0.25, 0.3) is 0 Å². The maximum Gasteiger partial charge on any atom is 0.237 e. The van der Waals surface area contributed by atoms with Crippen LogP contribution in [0.25, 0.3) is 0 Å². The van der Waals surface area contributed by atoms with Gasteiger partial charge in [-0.2, -0.15) is 0 Å². The molecule has 7 heteroatoms. The summed E-state index contributed by atoms with van der Waals surface area (Å²) in [4.78, 5) is 12.0. The van der Waals surface area contributed by atoms with Crippen LogP contribution in [0.5, 0.6) is 0 Å². The SMILES string of the molecule is CC(NCC(C)(C)NS(C)(=O)=O)C(=O)NC1CCCC1. The third-order valence-corrected chi connectivity index (χ3v) is 4.33. The maximum absolute atomic E-state index is 12.0. The fraction of sp³-hybridized carbons (Fsp3) is 0.923. The molecular formula is C13H27N3O3S. The number of amides is 1. The van der Waals surface area contributed by atoms with E-state index >= 15 is 0 Å². The number of rotatable bonds is 7. The molecule has 3 N–H and O–H groups in total. The van der Waals surface area contributed by atoms with Crippen molar-refractivity contribution >= 4 is 15.9 Å². The average Bonchev–Trinajstić information content (AvgIpc) is 2.75. The topological polar surface area (TPSA) is 87.3 Å². The van der Waals surface area contributed by atoms with Crippen molar-refractivity contribution in [1.82, 2.24) is 15.4 Å². The normalized spacial score (nSPS) is 19.0. The van der Waals surface area contributed by atoms with Crippen LogP contribution in [0.3, 0.4) is 0 Å². The van der Waals surface area contributed by atoms with Gasteiger partial charge in [-0.25, -0.2) is 13.1 Å². The predicted octanol–water partition coefficient (Wildman–Crippen LogP) is 0.351. The van der Waals surface area contributed by atoms with Crippen molar-refractivity contribution in [2.75, 3.05) is 12.8 Å². The number of carbonyl (C=O) groups excluding carboxylic acids is 1. The highest BCUT2D eigenvalue weighted by Crippen LogP contribution is 2.17. The van der Waals surface area contributed by atoms with Crippen LogP contribution in [0.4, 0.5) is 0 Å². The summed E-state index contributed by atoms with van der Waals surface area (Å²) in [7, 11) is -3.26. The van der Waals surface area contributed by atoms with Crippen molar-refractivity contribution < 1.29 is 13.2 Å². The van der Waals surface area contributed by atoms with Gasteiger partial charge >= 0.3 is 0 Å². The van der Waals surface area contributed by atoms with Gasteiger partial charge in [-0.15, -0.1) is 0 Å². The largest absolute Gasteiger partial charge is 0.352 e. The van der Waals surface area contributed by atoms with E-state index in [9.17, 15) is 13.2 Å². The van der Waals surface area contributed by atoms with Crippen molar-refractivity contribution in [1.29, 1.82) is 0 Å². The lowest BCUT2D eigenvalue weighted by Crippen LogP contribution is -2.54. The minimum atomic E-state index is -3.26. The summed E-state index contributed by atoms with van der Waals surface area (Å²) in [6.07, 6.45) is 5.60. The standard InChI is InChI=1S/C13H27N3O3S/c1-10(12(17)15-11-7-5-6-8-11)14-9-13(2,3)16-20(4,18)19/h10-11,14,16H,5-9H2,1-4H3,(H,15,17). The van der Waals surface area contributed by atoms with Crippen molar-refractivity contribution in [3.8, 4) is 0 Å². The van der Waals surface area contributed by atoms with Crippen LogP contribution in [0.2, 0.25) is 0 Å². The summed E-state index contributed by atoms with van der Waals surface area (Å²) in [6, 6.07) is -0.0369.